The van der Waals surface area contributed by atoms with Gasteiger partial charge in [-0.1, -0.05) is 6.07 Å². The van der Waals surface area contributed by atoms with Crippen LogP contribution in [-0.2, 0) is 11.3 Å². The second-order valence-electron chi connectivity index (χ2n) is 10.1. The second-order valence-corrected chi connectivity index (χ2v) is 10.1. The number of piperidine rings is 1. The summed E-state index contributed by atoms with van der Waals surface area (Å²) >= 11 is 0. The number of likely N-dealkylation sites (tertiary alicyclic amines) is 1. The summed E-state index contributed by atoms with van der Waals surface area (Å²) in [5.41, 5.74) is 0.830. The number of aliphatic hydroxyl groups is 1. The van der Waals surface area contributed by atoms with Gasteiger partial charge >= 0.3 is 0 Å². The molecular weight excluding hydrogens is 529 g/mol. The van der Waals surface area contributed by atoms with Crippen molar-refractivity contribution < 1.29 is 23.1 Å². The Morgan fingerprint density at radius 1 is 1.18 bits per heavy atom. The topological polar surface area (TPSA) is 126 Å². The Bertz CT molecular complexity index is 1750. The molecule has 5 heterocycles. The number of hydrogen-bond donors (Lipinski definition) is 2. The Balaban J connectivity index is 1.14. The van der Waals surface area contributed by atoms with E-state index < -0.39 is 41.9 Å². The van der Waals surface area contributed by atoms with Gasteiger partial charge in [0, 0.05) is 48.0 Å². The highest BCUT2D eigenvalue weighted by Crippen LogP contribution is 2.28. The summed E-state index contributed by atoms with van der Waals surface area (Å²) in [5, 5.41) is 20.0. The molecule has 1 aromatic carbocycles. The van der Waals surface area contributed by atoms with Gasteiger partial charge in [-0.05, 0) is 31.0 Å². The number of benzene rings is 1. The molecule has 1 atom stereocenters. The molecule has 4 aromatic heterocycles. The summed E-state index contributed by atoms with van der Waals surface area (Å²) < 4.78 is 43.8. The fourth-order valence-electron chi connectivity index (χ4n) is 5.18. The predicted octanol–water partition coefficient (Wildman–Crippen LogP) is 2.62. The van der Waals surface area contributed by atoms with Crippen molar-refractivity contribution in [3.05, 3.63) is 71.6 Å². The van der Waals surface area contributed by atoms with Crippen LogP contribution in [0.3, 0.4) is 0 Å². The van der Waals surface area contributed by atoms with Crippen LogP contribution in [0.25, 0.3) is 27.8 Å². The number of aromatic nitrogens is 7. The fourth-order valence-corrected chi connectivity index (χ4v) is 5.18. The van der Waals surface area contributed by atoms with Crippen LogP contribution >= 0.6 is 0 Å². The maximum atomic E-state index is 13.5. The molecule has 1 amide bonds. The normalized spacial score (nSPS) is 16.3. The third-order valence-corrected chi connectivity index (χ3v) is 7.45. The molecule has 1 aliphatic rings. The summed E-state index contributed by atoms with van der Waals surface area (Å²) in [4.78, 5) is 34.7. The number of hydrogen-bond acceptors (Lipinski definition) is 6. The molecule has 6 rings (SSSR count). The molecule has 0 radical (unpaired) electrons. The number of rotatable bonds is 7. The third-order valence-electron chi connectivity index (χ3n) is 7.45. The van der Waals surface area contributed by atoms with Gasteiger partial charge in [-0.15, -0.1) is 5.10 Å². The summed E-state index contributed by atoms with van der Waals surface area (Å²) in [6, 6.07) is 7.10. The van der Waals surface area contributed by atoms with Crippen LogP contribution in [-0.4, -0.2) is 75.0 Å². The van der Waals surface area contributed by atoms with Gasteiger partial charge in [-0.2, -0.15) is 9.49 Å². The second kappa shape index (κ2) is 9.93. The number of carbonyl (C=O) groups excluding carboxylic acids is 1. The van der Waals surface area contributed by atoms with Crippen molar-refractivity contribution >= 4 is 22.5 Å². The molecule has 1 unspecified atom stereocenters. The molecule has 0 bridgehead atoms. The molecular formula is C26H25F3N8O3. The first-order valence-corrected chi connectivity index (χ1v) is 12.7. The Hall–Kier alpha value is -4.46. The van der Waals surface area contributed by atoms with Gasteiger partial charge in [0.2, 0.25) is 17.5 Å². The minimum Gasteiger partial charge on any atom is -0.388 e. The number of fused-ring (bicyclic) bond motifs is 2. The molecule has 2 N–H and O–H groups in total. The van der Waals surface area contributed by atoms with Gasteiger partial charge < -0.3 is 15.0 Å². The number of nitrogens with one attached hydrogen (secondary N) is 1. The van der Waals surface area contributed by atoms with E-state index in [1.54, 1.807) is 6.20 Å². The first kappa shape index (κ1) is 25.8. The van der Waals surface area contributed by atoms with Gasteiger partial charge in [-0.3, -0.25) is 18.8 Å². The molecule has 208 valence electrons. The monoisotopic (exact) mass is 554 g/mol. The van der Waals surface area contributed by atoms with E-state index in [1.807, 2.05) is 30.5 Å². The Labute approximate surface area is 224 Å². The van der Waals surface area contributed by atoms with Crippen molar-refractivity contribution in [1.82, 2.24) is 38.8 Å². The fraction of sp³-hybridized carbons (Fsp3) is 0.346. The lowest BCUT2D eigenvalue weighted by molar-refractivity contribution is -0.138. The number of H-pyrrole nitrogens is 1. The summed E-state index contributed by atoms with van der Waals surface area (Å²) in [6.45, 7) is 0.151. The van der Waals surface area contributed by atoms with Crippen LogP contribution in [0, 0.1) is 5.95 Å². The SMILES string of the molecule is O=C(CC(C(F)F)n1ccc(F)n1)N1CCC(O)(Cn2cnn3c(-c4ccc5[nH]ccc5c4)cnc3c2=O)CC1. The molecule has 0 spiro atoms. The van der Waals surface area contributed by atoms with Crippen LogP contribution in [0.15, 0.2) is 60.0 Å². The van der Waals surface area contributed by atoms with Gasteiger partial charge in [0.15, 0.2) is 0 Å². The van der Waals surface area contributed by atoms with Crippen LogP contribution in [0.5, 0.6) is 0 Å². The average Bonchev–Trinajstić information content (AvgIpc) is 3.68. The highest BCUT2D eigenvalue weighted by atomic mass is 19.3. The largest absolute Gasteiger partial charge is 0.388 e. The van der Waals surface area contributed by atoms with Crippen LogP contribution in [0.4, 0.5) is 13.2 Å². The standard InChI is InChI=1S/C26H25F3N8O3/c27-21-4-8-36(33-21)19(23(28)29)12-22(38)34-9-5-26(40,6-10-34)14-35-15-32-37-20(13-31-24(37)25(35)39)17-1-2-18-16(11-17)3-7-30-18/h1-4,7-8,11,13,15,19,23,30,40H,5-6,9-10,12,14H2. The predicted molar refractivity (Wildman–Crippen MR) is 137 cm³/mol. The number of amides is 1. The zero-order valence-corrected chi connectivity index (χ0v) is 21.1. The molecule has 14 heteroatoms. The lowest BCUT2D eigenvalue weighted by atomic mass is 9.91. The summed E-state index contributed by atoms with van der Waals surface area (Å²) in [6.07, 6.45) is 2.61. The van der Waals surface area contributed by atoms with Gasteiger partial charge in [0.25, 0.3) is 12.0 Å². The molecule has 5 aromatic rings. The number of carbonyl (C=O) groups is 1. The van der Waals surface area contributed by atoms with Crippen molar-refractivity contribution in [3.8, 4) is 11.3 Å². The molecule has 1 saturated heterocycles. The van der Waals surface area contributed by atoms with Crippen molar-refractivity contribution in [1.29, 1.82) is 0 Å². The molecule has 0 saturated carbocycles. The first-order valence-electron chi connectivity index (χ1n) is 12.7. The smallest absolute Gasteiger partial charge is 0.296 e. The number of aromatic amines is 1. The van der Waals surface area contributed by atoms with Crippen molar-refractivity contribution in [3.63, 3.8) is 0 Å². The summed E-state index contributed by atoms with van der Waals surface area (Å²) in [7, 11) is 0. The van der Waals surface area contributed by atoms with Crippen LogP contribution in [0.1, 0.15) is 25.3 Å². The molecule has 0 aliphatic carbocycles. The van der Waals surface area contributed by atoms with E-state index in [1.165, 1.54) is 20.3 Å². The minimum absolute atomic E-state index is 0.0684. The lowest BCUT2D eigenvalue weighted by Crippen LogP contribution is -2.50. The Kier molecular flexibility index (Phi) is 6.41. The van der Waals surface area contributed by atoms with Gasteiger partial charge in [0.1, 0.15) is 12.4 Å². The Morgan fingerprint density at radius 2 is 1.98 bits per heavy atom. The number of halogens is 3. The van der Waals surface area contributed by atoms with E-state index in [-0.39, 0.29) is 38.1 Å². The quantitative estimate of drug-likeness (QED) is 0.319. The van der Waals surface area contributed by atoms with Crippen molar-refractivity contribution in [2.75, 3.05) is 13.1 Å². The van der Waals surface area contributed by atoms with Gasteiger partial charge in [-0.25, -0.2) is 18.3 Å². The van der Waals surface area contributed by atoms with E-state index in [9.17, 15) is 27.9 Å². The van der Waals surface area contributed by atoms with E-state index in [0.29, 0.717) is 5.69 Å². The molecule has 1 fully saturated rings. The third kappa shape index (κ3) is 4.74. The van der Waals surface area contributed by atoms with E-state index in [2.05, 4.69) is 20.2 Å². The Morgan fingerprint density at radius 3 is 2.70 bits per heavy atom. The van der Waals surface area contributed by atoms with E-state index in [4.69, 9.17) is 0 Å². The van der Waals surface area contributed by atoms with Gasteiger partial charge in [0.05, 0.1) is 30.5 Å². The minimum atomic E-state index is -2.92. The first-order chi connectivity index (χ1) is 19.2. The maximum absolute atomic E-state index is 13.5. The van der Waals surface area contributed by atoms with Crippen molar-refractivity contribution in [2.45, 2.75) is 43.9 Å². The van der Waals surface area contributed by atoms with Crippen molar-refractivity contribution in [2.24, 2.45) is 0 Å². The average molecular weight is 555 g/mol. The maximum Gasteiger partial charge on any atom is 0.296 e. The number of imidazole rings is 1. The van der Waals surface area contributed by atoms with E-state index in [0.717, 1.165) is 33.4 Å². The summed E-state index contributed by atoms with van der Waals surface area (Å²) in [5.74, 6) is -1.46. The number of alkyl halides is 2. The highest BCUT2D eigenvalue weighted by molar-refractivity contribution is 5.84. The lowest BCUT2D eigenvalue weighted by Gasteiger charge is -2.38. The zero-order valence-electron chi connectivity index (χ0n) is 21.1. The zero-order chi connectivity index (χ0) is 28.0. The van der Waals surface area contributed by atoms with Crippen LogP contribution < -0.4 is 5.56 Å². The molecule has 40 heavy (non-hydrogen) atoms. The highest BCUT2D eigenvalue weighted by Gasteiger charge is 2.36. The number of nitrogens with zero attached hydrogens (tertiary/aromatic N) is 7. The molecule has 11 nitrogen and oxygen atoms in total. The van der Waals surface area contributed by atoms with Crippen LogP contribution in [0.2, 0.25) is 0 Å². The van der Waals surface area contributed by atoms with E-state index >= 15 is 0 Å². The molecule has 1 aliphatic heterocycles.